The lowest BCUT2D eigenvalue weighted by molar-refractivity contribution is -0.129. The fraction of sp³-hybridized carbons (Fsp3) is 0.417. The maximum absolute atomic E-state index is 13.5. The van der Waals surface area contributed by atoms with Crippen LogP contribution in [0.5, 0.6) is 23.0 Å². The van der Waals surface area contributed by atoms with Crippen molar-refractivity contribution < 1.29 is 33.6 Å². The van der Waals surface area contributed by atoms with E-state index in [9.17, 15) is 14.7 Å². The Hall–Kier alpha value is -3.24. The molecule has 0 bridgehead atoms. The molecule has 2 aromatic rings. The number of methoxy groups -OCH3 is 2. The van der Waals surface area contributed by atoms with Crippen LogP contribution in [0, 0.1) is 0 Å². The van der Waals surface area contributed by atoms with Gasteiger partial charge in [0.25, 0.3) is 5.91 Å². The Morgan fingerprint density at radius 3 is 2.62 bits per heavy atom. The number of amides is 1. The molecule has 1 atom stereocenters. The summed E-state index contributed by atoms with van der Waals surface area (Å²) < 4.78 is 22.4. The Kier molecular flexibility index (Phi) is 6.09. The molecule has 3 aliphatic heterocycles. The molecule has 1 aromatic carbocycles. The van der Waals surface area contributed by atoms with E-state index in [2.05, 4.69) is 4.90 Å². The number of rotatable bonds is 8. The van der Waals surface area contributed by atoms with Gasteiger partial charge in [-0.25, -0.2) is 0 Å². The zero-order valence-electron chi connectivity index (χ0n) is 19.0. The van der Waals surface area contributed by atoms with Crippen LogP contribution in [0.2, 0.25) is 0 Å². The number of nitrogens with zero attached hydrogens (tertiary/aromatic N) is 2. The third kappa shape index (κ3) is 3.67. The van der Waals surface area contributed by atoms with Gasteiger partial charge < -0.3 is 33.9 Å². The van der Waals surface area contributed by atoms with E-state index < -0.39 is 23.5 Å². The van der Waals surface area contributed by atoms with Crippen LogP contribution in [0.1, 0.15) is 34.1 Å². The Labute approximate surface area is 201 Å². The monoisotopic (exact) mass is 486 g/mol. The van der Waals surface area contributed by atoms with Crippen molar-refractivity contribution >= 4 is 23.0 Å². The van der Waals surface area contributed by atoms with Crippen molar-refractivity contribution in [3.63, 3.8) is 0 Å². The average molecular weight is 487 g/mol. The largest absolute Gasteiger partial charge is 0.503 e. The van der Waals surface area contributed by atoms with Crippen LogP contribution in [0.25, 0.3) is 0 Å². The van der Waals surface area contributed by atoms with Gasteiger partial charge in [-0.05, 0) is 43.4 Å². The first kappa shape index (κ1) is 22.5. The highest BCUT2D eigenvalue weighted by atomic mass is 32.1. The number of benzene rings is 1. The molecule has 9 nitrogen and oxygen atoms in total. The minimum Gasteiger partial charge on any atom is -0.503 e. The first-order valence-corrected chi connectivity index (χ1v) is 12.0. The Bertz CT molecular complexity index is 1140. The quantitative estimate of drug-likeness (QED) is 0.569. The van der Waals surface area contributed by atoms with Gasteiger partial charge in [0, 0.05) is 18.7 Å². The van der Waals surface area contributed by atoms with Crippen molar-refractivity contribution in [3.8, 4) is 23.0 Å². The minimum absolute atomic E-state index is 0.0165. The number of ketones is 1. The molecule has 5 rings (SSSR count). The highest BCUT2D eigenvalue weighted by molar-refractivity contribution is 7.12. The van der Waals surface area contributed by atoms with E-state index in [1.54, 1.807) is 23.6 Å². The van der Waals surface area contributed by atoms with Crippen molar-refractivity contribution in [2.75, 3.05) is 47.2 Å². The maximum Gasteiger partial charge on any atom is 0.290 e. The molecule has 1 fully saturated rings. The summed E-state index contributed by atoms with van der Waals surface area (Å²) >= 11 is 1.26. The summed E-state index contributed by atoms with van der Waals surface area (Å²) in [5.74, 6) is -0.0561. The second kappa shape index (κ2) is 9.19. The fourth-order valence-electron chi connectivity index (χ4n) is 4.85. The van der Waals surface area contributed by atoms with Gasteiger partial charge in [0.15, 0.2) is 17.3 Å². The molecule has 0 aliphatic carbocycles. The average Bonchev–Trinajstić information content (AvgIpc) is 3.65. The topological polar surface area (TPSA) is 97.8 Å². The van der Waals surface area contributed by atoms with Crippen molar-refractivity contribution in [2.45, 2.75) is 18.9 Å². The Balaban J connectivity index is 1.63. The van der Waals surface area contributed by atoms with Gasteiger partial charge in [0.1, 0.15) is 0 Å². The number of carbonyl (C=O) groups is 2. The number of aliphatic hydroxyl groups excluding tert-OH is 1. The lowest BCUT2D eigenvalue weighted by Gasteiger charge is -2.30. The van der Waals surface area contributed by atoms with Crippen LogP contribution in [0.3, 0.4) is 0 Å². The number of hydrogen-bond donors (Lipinski definition) is 1. The highest BCUT2D eigenvalue weighted by Gasteiger charge is 2.46. The predicted molar refractivity (Wildman–Crippen MR) is 124 cm³/mol. The second-order valence-electron chi connectivity index (χ2n) is 8.28. The molecule has 1 unspecified atom stereocenters. The minimum atomic E-state index is -0.872. The van der Waals surface area contributed by atoms with E-state index in [0.717, 1.165) is 25.9 Å². The number of ether oxygens (including phenoxy) is 4. The molecule has 3 aliphatic rings. The summed E-state index contributed by atoms with van der Waals surface area (Å²) in [5, 5.41) is 12.7. The molecule has 10 heteroatoms. The molecule has 4 heterocycles. The third-order valence-electron chi connectivity index (χ3n) is 6.45. The number of aliphatic hydroxyl groups is 1. The molecule has 180 valence electrons. The van der Waals surface area contributed by atoms with Crippen molar-refractivity contribution in [2.24, 2.45) is 0 Å². The van der Waals surface area contributed by atoms with Crippen LogP contribution in [-0.4, -0.2) is 73.8 Å². The summed E-state index contributed by atoms with van der Waals surface area (Å²) in [5.41, 5.74) is 0.510. The van der Waals surface area contributed by atoms with Crippen LogP contribution >= 0.6 is 11.3 Å². The molecule has 0 spiro atoms. The summed E-state index contributed by atoms with van der Waals surface area (Å²) in [4.78, 5) is 31.1. The van der Waals surface area contributed by atoms with Gasteiger partial charge in [-0.3, -0.25) is 9.59 Å². The molecule has 0 radical (unpaired) electrons. The van der Waals surface area contributed by atoms with Crippen LogP contribution in [0.4, 0.5) is 0 Å². The molecule has 34 heavy (non-hydrogen) atoms. The predicted octanol–water partition coefficient (Wildman–Crippen LogP) is 3.17. The Morgan fingerprint density at radius 1 is 1.18 bits per heavy atom. The summed E-state index contributed by atoms with van der Waals surface area (Å²) in [7, 11) is 2.97. The zero-order valence-corrected chi connectivity index (χ0v) is 19.9. The molecular formula is C24H26N2O7S. The molecule has 1 aromatic heterocycles. The number of hydrogen-bond acceptors (Lipinski definition) is 9. The number of fused-ring (bicyclic) bond motifs is 1. The van der Waals surface area contributed by atoms with Gasteiger partial charge in [-0.2, -0.15) is 0 Å². The smallest absolute Gasteiger partial charge is 0.290 e. The SMILES string of the molecule is COc1c(C2C(C(=O)c3cccs3)=C(O)C(=O)N2CCN2CCCC2)cc2c(c1OC)OCO2. The summed E-state index contributed by atoms with van der Waals surface area (Å²) in [6, 6.07) is 4.27. The van der Waals surface area contributed by atoms with Crippen LogP contribution in [-0.2, 0) is 4.79 Å². The van der Waals surface area contributed by atoms with E-state index >= 15 is 0 Å². The van der Waals surface area contributed by atoms with Gasteiger partial charge in [0.2, 0.25) is 24.1 Å². The van der Waals surface area contributed by atoms with Gasteiger partial charge in [-0.1, -0.05) is 6.07 Å². The second-order valence-corrected chi connectivity index (χ2v) is 9.23. The molecule has 1 saturated heterocycles. The van der Waals surface area contributed by atoms with E-state index in [1.165, 1.54) is 30.5 Å². The number of carbonyl (C=O) groups excluding carboxylic acids is 2. The van der Waals surface area contributed by atoms with Crippen LogP contribution in [0.15, 0.2) is 34.9 Å². The van der Waals surface area contributed by atoms with Crippen molar-refractivity contribution in [1.29, 1.82) is 0 Å². The summed E-state index contributed by atoms with van der Waals surface area (Å²) in [6.45, 7) is 2.93. The van der Waals surface area contributed by atoms with E-state index in [4.69, 9.17) is 18.9 Å². The van der Waals surface area contributed by atoms with Gasteiger partial charge >= 0.3 is 0 Å². The van der Waals surface area contributed by atoms with Crippen molar-refractivity contribution in [3.05, 3.63) is 45.4 Å². The van der Waals surface area contributed by atoms with E-state index in [1.807, 2.05) is 0 Å². The number of thiophene rings is 1. The normalized spacial score (nSPS) is 19.9. The Morgan fingerprint density at radius 2 is 1.94 bits per heavy atom. The lowest BCUT2D eigenvalue weighted by Crippen LogP contribution is -2.38. The zero-order chi connectivity index (χ0) is 23.8. The number of likely N-dealkylation sites (tertiary alicyclic amines) is 1. The lowest BCUT2D eigenvalue weighted by atomic mass is 9.93. The van der Waals surface area contributed by atoms with Crippen molar-refractivity contribution in [1.82, 2.24) is 9.80 Å². The molecule has 1 amide bonds. The molecular weight excluding hydrogens is 460 g/mol. The number of Topliss-reactive ketones (excluding diaryl/α,β-unsaturated/α-hetero) is 1. The fourth-order valence-corrected chi connectivity index (χ4v) is 5.53. The van der Waals surface area contributed by atoms with Gasteiger partial charge in [-0.15, -0.1) is 11.3 Å². The standard InChI is InChI=1S/C24H26N2O7S/c1-30-21-14(12-15-22(23(21)31-2)33-13-32-15)18-17(19(27)16-6-5-11-34-16)20(28)24(29)26(18)10-9-25-7-3-4-8-25/h5-6,11-12,18,28H,3-4,7-10,13H2,1-2H3. The van der Waals surface area contributed by atoms with E-state index in [0.29, 0.717) is 46.5 Å². The molecule has 0 saturated carbocycles. The van der Waals surface area contributed by atoms with Crippen LogP contribution < -0.4 is 18.9 Å². The molecule has 1 N–H and O–H groups in total. The summed E-state index contributed by atoms with van der Waals surface area (Å²) in [6.07, 6.45) is 2.24. The third-order valence-corrected chi connectivity index (χ3v) is 7.32. The highest BCUT2D eigenvalue weighted by Crippen LogP contribution is 2.53. The first-order valence-electron chi connectivity index (χ1n) is 11.1. The first-order chi connectivity index (χ1) is 16.5. The van der Waals surface area contributed by atoms with Gasteiger partial charge in [0.05, 0.1) is 30.7 Å². The maximum atomic E-state index is 13.5. The van der Waals surface area contributed by atoms with E-state index in [-0.39, 0.29) is 12.4 Å².